The van der Waals surface area contributed by atoms with Gasteiger partial charge in [0.2, 0.25) is 0 Å². The van der Waals surface area contributed by atoms with Gasteiger partial charge in [0, 0.05) is 30.8 Å². The fourth-order valence-electron chi connectivity index (χ4n) is 0.574. The normalized spacial score (nSPS) is 16.8. The Morgan fingerprint density at radius 2 is 2.20 bits per heavy atom. The summed E-state index contributed by atoms with van der Waals surface area (Å²) in [6.07, 6.45) is 0.890. The molecule has 0 fully saturated rings. The van der Waals surface area contributed by atoms with Gasteiger partial charge in [-0.1, -0.05) is 0 Å². The van der Waals surface area contributed by atoms with E-state index in [1.165, 1.54) is 0 Å². The molecule has 2 N–H and O–H groups in total. The maximum atomic E-state index is 5.65. The maximum Gasteiger partial charge on any atom is 0.0473 e. The van der Waals surface area contributed by atoms with Gasteiger partial charge in [-0.15, -0.1) is 0 Å². The van der Waals surface area contributed by atoms with Crippen LogP contribution in [0.15, 0.2) is 0 Å². The largest absolute Gasteiger partial charge is 0.385 e. The molecule has 4 heteroatoms. The molecule has 62 valence electrons. The van der Waals surface area contributed by atoms with E-state index < -0.39 is 0 Å². The number of hydrogen-bond donors (Lipinski definition) is 3. The van der Waals surface area contributed by atoms with Crippen molar-refractivity contribution < 1.29 is 4.74 Å². The molecule has 0 aromatic rings. The highest BCUT2D eigenvalue weighted by Crippen LogP contribution is 2.06. The Morgan fingerprint density at radius 1 is 1.60 bits per heavy atom. The van der Waals surface area contributed by atoms with Crippen LogP contribution in [0.5, 0.6) is 0 Å². The van der Waals surface area contributed by atoms with E-state index in [-0.39, 0.29) is 11.3 Å². The second kappa shape index (κ2) is 6.34. The van der Waals surface area contributed by atoms with E-state index in [9.17, 15) is 0 Å². The predicted octanol–water partition coefficient (Wildman–Crippen LogP) is 0.578. The first-order valence-electron chi connectivity index (χ1n) is 3.25. The molecule has 2 atom stereocenters. The zero-order valence-corrected chi connectivity index (χ0v) is 7.94. The van der Waals surface area contributed by atoms with Crippen LogP contribution >= 0.6 is 25.3 Å². The van der Waals surface area contributed by atoms with Gasteiger partial charge in [0.1, 0.15) is 0 Å². The second-order valence-electron chi connectivity index (χ2n) is 2.20. The minimum absolute atomic E-state index is 0.0711. The molecule has 0 aliphatic rings. The van der Waals surface area contributed by atoms with Crippen LogP contribution in [0.1, 0.15) is 6.42 Å². The molecular weight excluding hydrogens is 166 g/mol. The van der Waals surface area contributed by atoms with E-state index in [1.54, 1.807) is 7.11 Å². The minimum atomic E-state index is 0.0711. The number of thiol groups is 2. The topological polar surface area (TPSA) is 35.2 Å². The van der Waals surface area contributed by atoms with Crippen LogP contribution in [0, 0.1) is 0 Å². The van der Waals surface area contributed by atoms with E-state index in [0.29, 0.717) is 5.75 Å². The summed E-state index contributed by atoms with van der Waals surface area (Å²) in [7, 11) is 1.67. The van der Waals surface area contributed by atoms with Crippen molar-refractivity contribution in [2.45, 2.75) is 17.7 Å². The fraction of sp³-hybridized carbons (Fsp3) is 1.00. The Morgan fingerprint density at radius 3 is 2.60 bits per heavy atom. The highest BCUT2D eigenvalue weighted by molar-refractivity contribution is 7.81. The van der Waals surface area contributed by atoms with Gasteiger partial charge < -0.3 is 10.5 Å². The molecule has 0 heterocycles. The number of methoxy groups -OCH3 is 1. The second-order valence-corrected chi connectivity index (χ2v) is 3.22. The quantitative estimate of drug-likeness (QED) is 0.543. The van der Waals surface area contributed by atoms with Gasteiger partial charge in [0.15, 0.2) is 0 Å². The Kier molecular flexibility index (Phi) is 6.73. The van der Waals surface area contributed by atoms with Crippen LogP contribution in [-0.2, 0) is 4.74 Å². The summed E-state index contributed by atoms with van der Waals surface area (Å²) in [6.45, 7) is 0.718. The van der Waals surface area contributed by atoms with E-state index in [0.717, 1.165) is 13.0 Å². The average molecular weight is 181 g/mol. The monoisotopic (exact) mass is 181 g/mol. The molecule has 0 aliphatic carbocycles. The zero-order chi connectivity index (χ0) is 7.98. The molecule has 0 amide bonds. The van der Waals surface area contributed by atoms with E-state index in [1.807, 2.05) is 0 Å². The summed E-state index contributed by atoms with van der Waals surface area (Å²) in [5, 5.41) is 0.206. The molecule has 0 rings (SSSR count). The molecule has 10 heavy (non-hydrogen) atoms. The summed E-state index contributed by atoms with van der Waals surface area (Å²) in [4.78, 5) is 0. The van der Waals surface area contributed by atoms with E-state index in [2.05, 4.69) is 25.3 Å². The van der Waals surface area contributed by atoms with Gasteiger partial charge in [-0.2, -0.15) is 25.3 Å². The van der Waals surface area contributed by atoms with Crippen molar-refractivity contribution in [1.82, 2.24) is 0 Å². The maximum absolute atomic E-state index is 5.65. The highest BCUT2D eigenvalue weighted by Gasteiger charge is 2.10. The minimum Gasteiger partial charge on any atom is -0.385 e. The molecule has 2 unspecified atom stereocenters. The number of hydrogen-bond acceptors (Lipinski definition) is 4. The molecule has 0 bridgehead atoms. The Bertz CT molecular complexity index is 82.1. The Balaban J connectivity index is 3.31. The molecule has 0 saturated carbocycles. The number of ether oxygens (including phenoxy) is 1. The first-order chi connectivity index (χ1) is 4.72. The summed E-state index contributed by atoms with van der Waals surface area (Å²) in [5.41, 5.74) is 5.65. The van der Waals surface area contributed by atoms with Gasteiger partial charge in [0.05, 0.1) is 0 Å². The van der Waals surface area contributed by atoms with Crippen LogP contribution in [0.25, 0.3) is 0 Å². The molecule has 0 aliphatic heterocycles. The predicted molar refractivity (Wildman–Crippen MR) is 51.1 cm³/mol. The summed E-state index contributed by atoms with van der Waals surface area (Å²) in [5.74, 6) is 0.678. The first-order valence-corrected chi connectivity index (χ1v) is 4.40. The van der Waals surface area contributed by atoms with Gasteiger partial charge >= 0.3 is 0 Å². The molecule has 2 nitrogen and oxygen atoms in total. The van der Waals surface area contributed by atoms with Crippen molar-refractivity contribution in [3.63, 3.8) is 0 Å². The molecule has 0 spiro atoms. The van der Waals surface area contributed by atoms with Crippen molar-refractivity contribution >= 4 is 25.3 Å². The zero-order valence-electron chi connectivity index (χ0n) is 6.16. The van der Waals surface area contributed by atoms with Crippen molar-refractivity contribution in [3.05, 3.63) is 0 Å². The smallest absolute Gasteiger partial charge is 0.0473 e. The molecule has 0 radical (unpaired) electrons. The van der Waals surface area contributed by atoms with Gasteiger partial charge in [-0.25, -0.2) is 0 Å². The third-order valence-corrected chi connectivity index (χ3v) is 2.39. The molecule has 0 aromatic carbocycles. The lowest BCUT2D eigenvalue weighted by atomic mass is 10.2. The molecule has 0 aromatic heterocycles. The van der Waals surface area contributed by atoms with Gasteiger partial charge in [0.25, 0.3) is 0 Å². The third-order valence-electron chi connectivity index (χ3n) is 1.32. The Hall–Kier alpha value is 0.620. The van der Waals surface area contributed by atoms with E-state index in [4.69, 9.17) is 10.5 Å². The highest BCUT2D eigenvalue weighted by atomic mass is 32.1. The third kappa shape index (κ3) is 4.44. The SMILES string of the molecule is COCCC(S)C(N)CS. The van der Waals surface area contributed by atoms with E-state index >= 15 is 0 Å². The van der Waals surface area contributed by atoms with Crippen molar-refractivity contribution in [2.24, 2.45) is 5.73 Å². The lowest BCUT2D eigenvalue weighted by Crippen LogP contribution is -2.33. The van der Waals surface area contributed by atoms with Crippen LogP contribution in [-0.4, -0.2) is 30.8 Å². The fourth-order valence-corrected chi connectivity index (χ4v) is 1.21. The standard InChI is InChI=1S/C6H15NOS2/c1-8-3-2-6(10)5(7)4-9/h5-6,9-10H,2-4,7H2,1H3. The van der Waals surface area contributed by atoms with Gasteiger partial charge in [-0.3, -0.25) is 0 Å². The lowest BCUT2D eigenvalue weighted by molar-refractivity contribution is 0.193. The summed E-state index contributed by atoms with van der Waals surface area (Å²) < 4.78 is 4.88. The first kappa shape index (κ1) is 10.6. The van der Waals surface area contributed by atoms with Crippen molar-refractivity contribution in [1.29, 1.82) is 0 Å². The van der Waals surface area contributed by atoms with Crippen LogP contribution in [0.2, 0.25) is 0 Å². The van der Waals surface area contributed by atoms with Gasteiger partial charge in [-0.05, 0) is 6.42 Å². The summed E-state index contributed by atoms with van der Waals surface area (Å²) >= 11 is 8.35. The molecule has 0 saturated heterocycles. The van der Waals surface area contributed by atoms with Crippen LogP contribution < -0.4 is 5.73 Å². The number of nitrogens with two attached hydrogens (primary N) is 1. The van der Waals surface area contributed by atoms with Crippen LogP contribution in [0.4, 0.5) is 0 Å². The van der Waals surface area contributed by atoms with Crippen molar-refractivity contribution in [3.8, 4) is 0 Å². The average Bonchev–Trinajstić information content (AvgIpc) is 1.98. The lowest BCUT2D eigenvalue weighted by Gasteiger charge is -2.15. The summed E-state index contributed by atoms with van der Waals surface area (Å²) in [6, 6.07) is 0.0711. The molecular formula is C6H15NOS2. The van der Waals surface area contributed by atoms with Crippen LogP contribution in [0.3, 0.4) is 0 Å². The Labute approximate surface area is 73.3 Å². The number of rotatable bonds is 5. The van der Waals surface area contributed by atoms with Crippen molar-refractivity contribution in [2.75, 3.05) is 19.5 Å².